The average Bonchev–Trinajstić information content (AvgIpc) is 2.21. The first kappa shape index (κ1) is 17.9. The van der Waals surface area contributed by atoms with Gasteiger partial charge in [-0.2, -0.15) is 0 Å². The van der Waals surface area contributed by atoms with E-state index in [4.69, 9.17) is 4.43 Å². The highest BCUT2D eigenvalue weighted by molar-refractivity contribution is 6.74. The predicted molar refractivity (Wildman–Crippen MR) is 82.4 cm³/mol. The Morgan fingerprint density at radius 2 is 1.83 bits per heavy atom. The van der Waals surface area contributed by atoms with Crippen molar-refractivity contribution in [1.82, 2.24) is 0 Å². The number of aliphatic hydroxyl groups excluding tert-OH is 1. The summed E-state index contributed by atoms with van der Waals surface area (Å²) in [5, 5.41) is 10.2. The molecule has 2 nitrogen and oxygen atoms in total. The lowest BCUT2D eigenvalue weighted by atomic mass is 10.2. The minimum atomic E-state index is -1.78. The summed E-state index contributed by atoms with van der Waals surface area (Å²) in [5.74, 6) is 0. The molecule has 0 aromatic heterocycles. The molecule has 0 aliphatic rings. The second-order valence-electron chi connectivity index (χ2n) is 6.64. The van der Waals surface area contributed by atoms with Gasteiger partial charge < -0.3 is 9.53 Å². The van der Waals surface area contributed by atoms with Gasteiger partial charge in [0.05, 0.1) is 12.2 Å². The molecule has 0 fully saturated rings. The molecule has 0 unspecified atom stereocenters. The van der Waals surface area contributed by atoms with E-state index in [1.165, 1.54) is 12.8 Å². The molecule has 0 aromatic rings. The summed E-state index contributed by atoms with van der Waals surface area (Å²) in [4.78, 5) is 0. The van der Waals surface area contributed by atoms with Gasteiger partial charge in [-0.05, 0) is 31.5 Å². The number of hydrogen-bond acceptors (Lipinski definition) is 2. The third-order valence-corrected chi connectivity index (χ3v) is 8.40. The Morgan fingerprint density at radius 1 is 1.28 bits per heavy atom. The molecule has 3 heteroatoms. The quantitative estimate of drug-likeness (QED) is 0.420. The maximum atomic E-state index is 10.1. The Hall–Kier alpha value is -0.123. The van der Waals surface area contributed by atoms with Crippen molar-refractivity contribution in [3.63, 3.8) is 0 Å². The first-order chi connectivity index (χ1) is 8.12. The Labute approximate surface area is 115 Å². The van der Waals surface area contributed by atoms with Gasteiger partial charge in [0.15, 0.2) is 8.32 Å². The van der Waals surface area contributed by atoms with Crippen LogP contribution in [0.4, 0.5) is 0 Å². The van der Waals surface area contributed by atoms with Gasteiger partial charge in [0.25, 0.3) is 0 Å². The van der Waals surface area contributed by atoms with E-state index in [0.717, 1.165) is 6.42 Å². The predicted octanol–water partition coefficient (Wildman–Crippen LogP) is 4.50. The van der Waals surface area contributed by atoms with Crippen LogP contribution < -0.4 is 0 Å². The molecule has 1 N–H and O–H groups in total. The second kappa shape index (κ2) is 7.46. The van der Waals surface area contributed by atoms with Crippen LogP contribution in [0.1, 0.15) is 53.9 Å². The molecule has 0 spiro atoms. The van der Waals surface area contributed by atoms with Crippen LogP contribution >= 0.6 is 0 Å². The van der Waals surface area contributed by atoms with Gasteiger partial charge in [-0.25, -0.2) is 0 Å². The fraction of sp³-hybridized carbons (Fsp3) is 0.867. The van der Waals surface area contributed by atoms with E-state index < -0.39 is 14.4 Å². The zero-order chi connectivity index (χ0) is 14.4. The van der Waals surface area contributed by atoms with E-state index in [1.807, 2.05) is 13.0 Å². The van der Waals surface area contributed by atoms with Crippen LogP contribution in [-0.4, -0.2) is 25.6 Å². The highest BCUT2D eigenvalue weighted by atomic mass is 28.4. The highest BCUT2D eigenvalue weighted by Gasteiger charge is 2.39. The van der Waals surface area contributed by atoms with E-state index in [2.05, 4.69) is 46.9 Å². The lowest BCUT2D eigenvalue weighted by Crippen LogP contribution is -2.45. The fourth-order valence-corrected chi connectivity index (χ4v) is 2.85. The molecule has 0 saturated heterocycles. The Morgan fingerprint density at radius 3 is 2.28 bits per heavy atom. The van der Waals surface area contributed by atoms with Gasteiger partial charge in [-0.15, -0.1) is 0 Å². The summed E-state index contributed by atoms with van der Waals surface area (Å²) >= 11 is 0. The lowest BCUT2D eigenvalue weighted by Gasteiger charge is -2.39. The van der Waals surface area contributed by atoms with Crippen molar-refractivity contribution in [2.75, 3.05) is 0 Å². The minimum Gasteiger partial charge on any atom is -0.411 e. The van der Waals surface area contributed by atoms with E-state index in [-0.39, 0.29) is 11.1 Å². The molecule has 0 saturated carbocycles. The number of unbranched alkanes of at least 4 members (excludes halogenated alkanes) is 2. The van der Waals surface area contributed by atoms with Gasteiger partial charge in [-0.3, -0.25) is 0 Å². The van der Waals surface area contributed by atoms with Crippen LogP contribution in [-0.2, 0) is 4.43 Å². The SMILES string of the molecule is CCCC/C=C/[C@@H](O)[C@@H](C)O[Si](C)(C)C(C)(C)C. The number of rotatable bonds is 7. The molecule has 18 heavy (non-hydrogen) atoms. The Balaban J connectivity index is 4.31. The minimum absolute atomic E-state index is 0.122. The maximum absolute atomic E-state index is 10.1. The van der Waals surface area contributed by atoms with E-state index in [0.29, 0.717) is 0 Å². The van der Waals surface area contributed by atoms with Crippen molar-refractivity contribution in [2.45, 2.75) is 84.2 Å². The molecule has 0 heterocycles. The number of allylic oxidation sites excluding steroid dienone is 1. The highest BCUT2D eigenvalue weighted by Crippen LogP contribution is 2.37. The molecule has 0 aliphatic carbocycles. The molecular weight excluding hydrogens is 240 g/mol. The van der Waals surface area contributed by atoms with Crippen molar-refractivity contribution in [1.29, 1.82) is 0 Å². The van der Waals surface area contributed by atoms with Crippen LogP contribution in [0.25, 0.3) is 0 Å². The Bertz CT molecular complexity index is 254. The summed E-state index contributed by atoms with van der Waals surface area (Å²) < 4.78 is 6.16. The average molecular weight is 273 g/mol. The Kier molecular flexibility index (Phi) is 7.41. The second-order valence-corrected chi connectivity index (χ2v) is 11.4. The van der Waals surface area contributed by atoms with Gasteiger partial charge in [0.1, 0.15) is 0 Å². The summed E-state index contributed by atoms with van der Waals surface area (Å²) in [7, 11) is -1.78. The van der Waals surface area contributed by atoms with Crippen molar-refractivity contribution in [3.8, 4) is 0 Å². The maximum Gasteiger partial charge on any atom is 0.192 e. The normalized spacial score (nSPS) is 17.1. The molecule has 0 aliphatic heterocycles. The molecular formula is C15H32O2Si. The largest absolute Gasteiger partial charge is 0.411 e. The van der Waals surface area contributed by atoms with Crippen molar-refractivity contribution in [2.24, 2.45) is 0 Å². The topological polar surface area (TPSA) is 29.5 Å². The van der Waals surface area contributed by atoms with Crippen molar-refractivity contribution in [3.05, 3.63) is 12.2 Å². The smallest absolute Gasteiger partial charge is 0.192 e. The van der Waals surface area contributed by atoms with Crippen LogP contribution in [0.2, 0.25) is 18.1 Å². The third kappa shape index (κ3) is 6.16. The molecule has 0 aromatic carbocycles. The van der Waals surface area contributed by atoms with Crippen molar-refractivity contribution < 1.29 is 9.53 Å². The number of aliphatic hydroxyl groups is 1. The van der Waals surface area contributed by atoms with E-state index in [9.17, 15) is 5.11 Å². The summed E-state index contributed by atoms with van der Waals surface area (Å²) in [6.07, 6.45) is 6.75. The molecule has 0 radical (unpaired) electrons. The third-order valence-electron chi connectivity index (χ3n) is 3.83. The standard InChI is InChI=1S/C15H32O2Si/c1-8-9-10-11-12-14(16)13(2)17-18(6,7)15(3,4)5/h11-14,16H,8-10H2,1-7H3/b12-11+/t13-,14-/m1/s1. The zero-order valence-corrected chi connectivity index (χ0v) is 14.3. The molecule has 108 valence electrons. The molecule has 2 atom stereocenters. The molecule has 0 bridgehead atoms. The van der Waals surface area contributed by atoms with Crippen molar-refractivity contribution >= 4 is 8.32 Å². The molecule has 0 amide bonds. The van der Waals surface area contributed by atoms with E-state index >= 15 is 0 Å². The van der Waals surface area contributed by atoms with Gasteiger partial charge in [-0.1, -0.05) is 52.7 Å². The first-order valence-corrected chi connectivity index (χ1v) is 10.0. The zero-order valence-electron chi connectivity index (χ0n) is 13.3. The van der Waals surface area contributed by atoms with Crippen LogP contribution in [0.5, 0.6) is 0 Å². The van der Waals surface area contributed by atoms with Gasteiger partial charge in [0.2, 0.25) is 0 Å². The number of hydrogen-bond donors (Lipinski definition) is 1. The van der Waals surface area contributed by atoms with Gasteiger partial charge >= 0.3 is 0 Å². The fourth-order valence-electron chi connectivity index (χ4n) is 1.43. The lowest BCUT2D eigenvalue weighted by molar-refractivity contribution is 0.0691. The summed E-state index contributed by atoms with van der Waals surface area (Å²) in [5.41, 5.74) is 0. The van der Waals surface area contributed by atoms with Crippen LogP contribution in [0.3, 0.4) is 0 Å². The van der Waals surface area contributed by atoms with Crippen LogP contribution in [0, 0.1) is 0 Å². The van der Waals surface area contributed by atoms with Crippen LogP contribution in [0.15, 0.2) is 12.2 Å². The summed E-state index contributed by atoms with van der Waals surface area (Å²) in [6, 6.07) is 0. The van der Waals surface area contributed by atoms with E-state index in [1.54, 1.807) is 0 Å². The first-order valence-electron chi connectivity index (χ1n) is 7.14. The molecule has 0 rings (SSSR count). The monoisotopic (exact) mass is 272 g/mol. The summed E-state index contributed by atoms with van der Waals surface area (Å²) in [6.45, 7) is 15.2. The van der Waals surface area contributed by atoms with Gasteiger partial charge in [0, 0.05) is 0 Å².